The lowest BCUT2D eigenvalue weighted by Gasteiger charge is -2.25. The van der Waals surface area contributed by atoms with Gasteiger partial charge in [-0.05, 0) is 32.2 Å². The Morgan fingerprint density at radius 3 is 2.94 bits per heavy atom. The first-order valence-corrected chi connectivity index (χ1v) is 6.75. The van der Waals surface area contributed by atoms with Crippen molar-refractivity contribution >= 4 is 0 Å². The van der Waals surface area contributed by atoms with Crippen LogP contribution < -0.4 is 5.32 Å². The first-order valence-electron chi connectivity index (χ1n) is 6.75. The summed E-state index contributed by atoms with van der Waals surface area (Å²) in [6.45, 7) is 3.46. The molecule has 2 heterocycles. The SMILES string of the molecule is Cn1cncc1CN(CC1CCCN1)C1CC1. The molecule has 94 valence electrons. The molecule has 1 saturated heterocycles. The van der Waals surface area contributed by atoms with E-state index in [9.17, 15) is 0 Å². The molecule has 0 radical (unpaired) electrons. The molecule has 0 bridgehead atoms. The van der Waals surface area contributed by atoms with Gasteiger partial charge in [0.1, 0.15) is 0 Å². The number of aryl methyl sites for hydroxylation is 1. The van der Waals surface area contributed by atoms with E-state index in [4.69, 9.17) is 0 Å². The molecule has 4 heteroatoms. The number of nitrogens with one attached hydrogen (secondary N) is 1. The second kappa shape index (κ2) is 4.78. The van der Waals surface area contributed by atoms with E-state index in [1.54, 1.807) is 0 Å². The molecule has 17 heavy (non-hydrogen) atoms. The second-order valence-electron chi connectivity index (χ2n) is 5.45. The summed E-state index contributed by atoms with van der Waals surface area (Å²) >= 11 is 0. The molecule has 3 rings (SSSR count). The van der Waals surface area contributed by atoms with Crippen LogP contribution in [0.3, 0.4) is 0 Å². The summed E-state index contributed by atoms with van der Waals surface area (Å²) in [7, 11) is 2.08. The smallest absolute Gasteiger partial charge is 0.0945 e. The Morgan fingerprint density at radius 2 is 2.35 bits per heavy atom. The normalized spacial score (nSPS) is 24.7. The zero-order chi connectivity index (χ0) is 11.7. The van der Waals surface area contributed by atoms with Gasteiger partial charge in [-0.15, -0.1) is 0 Å². The van der Waals surface area contributed by atoms with E-state index < -0.39 is 0 Å². The Bertz CT molecular complexity index is 363. The van der Waals surface area contributed by atoms with Gasteiger partial charge in [-0.3, -0.25) is 4.90 Å². The van der Waals surface area contributed by atoms with Crippen LogP contribution >= 0.6 is 0 Å². The zero-order valence-corrected chi connectivity index (χ0v) is 10.6. The molecule has 1 aliphatic carbocycles. The maximum absolute atomic E-state index is 4.21. The maximum atomic E-state index is 4.21. The Kier molecular flexibility index (Phi) is 3.16. The fraction of sp³-hybridized carbons (Fsp3) is 0.769. The molecule has 1 saturated carbocycles. The van der Waals surface area contributed by atoms with Gasteiger partial charge in [-0.2, -0.15) is 0 Å². The van der Waals surface area contributed by atoms with Crippen molar-refractivity contribution < 1.29 is 0 Å². The van der Waals surface area contributed by atoms with Crippen molar-refractivity contribution in [3.8, 4) is 0 Å². The van der Waals surface area contributed by atoms with Crippen molar-refractivity contribution in [2.45, 2.75) is 44.3 Å². The molecule has 2 aliphatic rings. The molecule has 4 nitrogen and oxygen atoms in total. The van der Waals surface area contributed by atoms with Crippen LogP contribution in [0.5, 0.6) is 0 Å². The Morgan fingerprint density at radius 1 is 1.47 bits per heavy atom. The van der Waals surface area contributed by atoms with Gasteiger partial charge in [-0.1, -0.05) is 0 Å². The van der Waals surface area contributed by atoms with Gasteiger partial charge in [0, 0.05) is 38.4 Å². The standard InChI is InChI=1S/C13H22N4/c1-16-10-14-7-13(16)9-17(12-4-5-12)8-11-3-2-6-15-11/h7,10-12,15H,2-6,8-9H2,1H3. The van der Waals surface area contributed by atoms with Crippen LogP contribution in [-0.4, -0.2) is 39.6 Å². The lowest BCUT2D eigenvalue weighted by molar-refractivity contribution is 0.226. The van der Waals surface area contributed by atoms with Gasteiger partial charge < -0.3 is 9.88 Å². The molecular weight excluding hydrogens is 212 g/mol. The quantitative estimate of drug-likeness (QED) is 0.829. The van der Waals surface area contributed by atoms with Crippen molar-refractivity contribution in [1.29, 1.82) is 0 Å². The predicted molar refractivity (Wildman–Crippen MR) is 67.7 cm³/mol. The lowest BCUT2D eigenvalue weighted by atomic mass is 10.2. The summed E-state index contributed by atoms with van der Waals surface area (Å²) < 4.78 is 2.14. The van der Waals surface area contributed by atoms with Crippen LogP contribution in [0.4, 0.5) is 0 Å². The van der Waals surface area contributed by atoms with Crippen LogP contribution in [0.25, 0.3) is 0 Å². The Balaban J connectivity index is 1.61. The van der Waals surface area contributed by atoms with Crippen LogP contribution in [0.2, 0.25) is 0 Å². The largest absolute Gasteiger partial charge is 0.337 e. The van der Waals surface area contributed by atoms with Gasteiger partial charge in [0.25, 0.3) is 0 Å². The zero-order valence-electron chi connectivity index (χ0n) is 10.6. The highest BCUT2D eigenvalue weighted by atomic mass is 15.2. The maximum Gasteiger partial charge on any atom is 0.0945 e. The van der Waals surface area contributed by atoms with Crippen molar-refractivity contribution in [3.05, 3.63) is 18.2 Å². The first-order chi connectivity index (χ1) is 8.33. The van der Waals surface area contributed by atoms with Crippen molar-refractivity contribution in [2.75, 3.05) is 13.1 Å². The van der Waals surface area contributed by atoms with Gasteiger partial charge in [-0.25, -0.2) is 4.98 Å². The number of imidazole rings is 1. The highest BCUT2D eigenvalue weighted by molar-refractivity contribution is 5.00. The number of hydrogen-bond acceptors (Lipinski definition) is 3. The summed E-state index contributed by atoms with van der Waals surface area (Å²) in [5.74, 6) is 0. The summed E-state index contributed by atoms with van der Waals surface area (Å²) in [6.07, 6.45) is 9.34. The second-order valence-corrected chi connectivity index (χ2v) is 5.45. The summed E-state index contributed by atoms with van der Waals surface area (Å²) in [5, 5.41) is 3.60. The van der Waals surface area contributed by atoms with Crippen molar-refractivity contribution in [2.24, 2.45) is 7.05 Å². The molecule has 1 unspecified atom stereocenters. The van der Waals surface area contributed by atoms with Gasteiger partial charge in [0.15, 0.2) is 0 Å². The Labute approximate surface area is 103 Å². The molecule has 0 spiro atoms. The molecule has 0 amide bonds. The average molecular weight is 234 g/mol. The minimum absolute atomic E-state index is 0.712. The minimum Gasteiger partial charge on any atom is -0.337 e. The van der Waals surface area contributed by atoms with Crippen LogP contribution in [0.1, 0.15) is 31.4 Å². The molecule has 1 atom stereocenters. The number of aromatic nitrogens is 2. The van der Waals surface area contributed by atoms with Gasteiger partial charge >= 0.3 is 0 Å². The molecule has 0 aromatic carbocycles. The minimum atomic E-state index is 0.712. The highest BCUT2D eigenvalue weighted by Crippen LogP contribution is 2.29. The third-order valence-electron chi connectivity index (χ3n) is 3.96. The lowest BCUT2D eigenvalue weighted by Crippen LogP contribution is -2.38. The first kappa shape index (κ1) is 11.2. The predicted octanol–water partition coefficient (Wildman–Crippen LogP) is 1.14. The Hall–Kier alpha value is -0.870. The van der Waals surface area contributed by atoms with E-state index in [-0.39, 0.29) is 0 Å². The third-order valence-corrected chi connectivity index (χ3v) is 3.96. The van der Waals surface area contributed by atoms with E-state index in [0.29, 0.717) is 6.04 Å². The summed E-state index contributed by atoms with van der Waals surface area (Å²) in [5.41, 5.74) is 1.33. The van der Waals surface area contributed by atoms with E-state index in [1.165, 1.54) is 44.5 Å². The molecule has 2 fully saturated rings. The van der Waals surface area contributed by atoms with E-state index in [0.717, 1.165) is 12.6 Å². The van der Waals surface area contributed by atoms with Crippen LogP contribution in [-0.2, 0) is 13.6 Å². The van der Waals surface area contributed by atoms with Crippen molar-refractivity contribution in [1.82, 2.24) is 19.8 Å². The number of nitrogens with zero attached hydrogens (tertiary/aromatic N) is 3. The summed E-state index contributed by atoms with van der Waals surface area (Å²) in [4.78, 5) is 6.85. The number of rotatable bonds is 5. The third kappa shape index (κ3) is 2.69. The molecule has 1 N–H and O–H groups in total. The molecule has 1 aromatic heterocycles. The average Bonchev–Trinajstić information content (AvgIpc) is 2.91. The molecule has 1 aromatic rings. The monoisotopic (exact) mass is 234 g/mol. The van der Waals surface area contributed by atoms with E-state index >= 15 is 0 Å². The van der Waals surface area contributed by atoms with Gasteiger partial charge in [0.05, 0.1) is 12.0 Å². The fourth-order valence-corrected chi connectivity index (χ4v) is 2.72. The molecule has 1 aliphatic heterocycles. The number of hydrogen-bond donors (Lipinski definition) is 1. The van der Waals surface area contributed by atoms with Gasteiger partial charge in [0.2, 0.25) is 0 Å². The van der Waals surface area contributed by atoms with E-state index in [2.05, 4.69) is 26.8 Å². The summed E-state index contributed by atoms with van der Waals surface area (Å²) in [6, 6.07) is 1.54. The topological polar surface area (TPSA) is 33.1 Å². The van der Waals surface area contributed by atoms with Crippen molar-refractivity contribution in [3.63, 3.8) is 0 Å². The fourth-order valence-electron chi connectivity index (χ4n) is 2.72. The van der Waals surface area contributed by atoms with Crippen LogP contribution in [0, 0.1) is 0 Å². The molecular formula is C13H22N4. The van der Waals surface area contributed by atoms with Crippen LogP contribution in [0.15, 0.2) is 12.5 Å². The highest BCUT2D eigenvalue weighted by Gasteiger charge is 2.31. The van der Waals surface area contributed by atoms with E-state index in [1.807, 2.05) is 12.5 Å².